The third-order valence-electron chi connectivity index (χ3n) is 9.22. The number of likely N-dealkylation sites (tertiary alicyclic amines) is 1. The summed E-state index contributed by atoms with van der Waals surface area (Å²) in [6, 6.07) is 2.53. The average Bonchev–Trinajstić information content (AvgIpc) is 3.47. The Morgan fingerprint density at radius 1 is 1.16 bits per heavy atom. The number of aliphatic hydroxyl groups excluding tert-OH is 1. The predicted octanol–water partition coefficient (Wildman–Crippen LogP) is 5.24. The van der Waals surface area contributed by atoms with Gasteiger partial charge in [0, 0.05) is 71.5 Å². The van der Waals surface area contributed by atoms with Gasteiger partial charge in [-0.3, -0.25) is 14.3 Å². The van der Waals surface area contributed by atoms with Gasteiger partial charge in [-0.15, -0.1) is 11.8 Å². The van der Waals surface area contributed by atoms with E-state index in [1.807, 2.05) is 11.8 Å². The van der Waals surface area contributed by atoms with E-state index in [4.69, 9.17) is 11.6 Å². The van der Waals surface area contributed by atoms with Crippen LogP contribution < -0.4 is 10.6 Å². The molecule has 13 heteroatoms. The third-order valence-corrected chi connectivity index (χ3v) is 10.8. The second-order valence-corrected chi connectivity index (χ2v) is 13.4. The van der Waals surface area contributed by atoms with Crippen molar-refractivity contribution in [1.82, 2.24) is 19.4 Å². The van der Waals surface area contributed by atoms with Crippen molar-refractivity contribution in [2.75, 3.05) is 50.0 Å². The van der Waals surface area contributed by atoms with E-state index in [1.54, 1.807) is 15.5 Å². The van der Waals surface area contributed by atoms with Crippen molar-refractivity contribution >= 4 is 46.0 Å². The van der Waals surface area contributed by atoms with Gasteiger partial charge in [0.15, 0.2) is 0 Å². The Hall–Kier alpha value is -3.06. The number of aliphatic hydroxyl groups is 1. The van der Waals surface area contributed by atoms with E-state index in [0.29, 0.717) is 65.6 Å². The first-order valence-corrected chi connectivity index (χ1v) is 16.6. The maximum Gasteiger partial charge on any atom is 0.350 e. The quantitative estimate of drug-likeness (QED) is 0.331. The summed E-state index contributed by atoms with van der Waals surface area (Å²) < 4.78 is 45.9. The number of rotatable bonds is 8. The van der Waals surface area contributed by atoms with E-state index in [2.05, 4.69) is 16.5 Å². The Kier molecular flexibility index (Phi) is 9.20. The van der Waals surface area contributed by atoms with Crippen molar-refractivity contribution in [2.45, 2.75) is 55.6 Å². The Bertz CT molecular complexity index is 1700. The number of amides is 1. The van der Waals surface area contributed by atoms with Crippen LogP contribution in [0.4, 0.5) is 19.0 Å². The van der Waals surface area contributed by atoms with Gasteiger partial charge < -0.3 is 14.9 Å². The van der Waals surface area contributed by atoms with Gasteiger partial charge in [0.1, 0.15) is 23.3 Å². The summed E-state index contributed by atoms with van der Waals surface area (Å²) in [5.74, 6) is -2.56. The molecule has 0 unspecified atom stereocenters. The molecule has 0 saturated carbocycles. The molecular formula is C32H35ClF3N5O3S. The Morgan fingerprint density at radius 2 is 1.91 bits per heavy atom. The molecule has 8 nitrogen and oxygen atoms in total. The van der Waals surface area contributed by atoms with Gasteiger partial charge in [-0.2, -0.15) is 4.98 Å². The molecule has 1 amide bonds. The molecule has 2 saturated heterocycles. The monoisotopic (exact) mass is 661 g/mol. The molecule has 240 valence electrons. The van der Waals surface area contributed by atoms with E-state index in [9.17, 15) is 19.1 Å². The molecule has 0 bridgehead atoms. The van der Waals surface area contributed by atoms with Crippen LogP contribution in [0.1, 0.15) is 38.6 Å². The molecule has 3 atom stereocenters. The highest BCUT2D eigenvalue weighted by atomic mass is 35.5. The van der Waals surface area contributed by atoms with Gasteiger partial charge >= 0.3 is 5.69 Å². The fraction of sp³-hybridized carbons (Fsp3) is 0.469. The zero-order valence-electron chi connectivity index (χ0n) is 24.9. The summed E-state index contributed by atoms with van der Waals surface area (Å²) >= 11 is 8.18. The minimum atomic E-state index is -1.09. The van der Waals surface area contributed by atoms with Crippen LogP contribution in [0.25, 0.3) is 22.0 Å². The fourth-order valence-electron chi connectivity index (χ4n) is 7.03. The summed E-state index contributed by atoms with van der Waals surface area (Å²) in [4.78, 5) is 37.2. The molecule has 0 radical (unpaired) electrons. The third kappa shape index (κ3) is 5.86. The van der Waals surface area contributed by atoms with Gasteiger partial charge in [-0.25, -0.2) is 18.0 Å². The van der Waals surface area contributed by atoms with Crippen LogP contribution in [-0.4, -0.2) is 87.5 Å². The molecule has 2 fully saturated rings. The summed E-state index contributed by atoms with van der Waals surface area (Å²) in [6.07, 6.45) is 4.72. The van der Waals surface area contributed by atoms with Crippen molar-refractivity contribution in [3.63, 3.8) is 0 Å². The van der Waals surface area contributed by atoms with Gasteiger partial charge in [-0.1, -0.05) is 18.2 Å². The Labute approximate surface area is 268 Å². The first kappa shape index (κ1) is 31.9. The molecule has 6 rings (SSSR count). The fourth-order valence-corrected chi connectivity index (χ4v) is 8.76. The average molecular weight is 662 g/mol. The maximum atomic E-state index is 15.2. The summed E-state index contributed by atoms with van der Waals surface area (Å²) in [6.45, 7) is 8.53. The second kappa shape index (κ2) is 13.0. The summed E-state index contributed by atoms with van der Waals surface area (Å²) in [7, 11) is 0. The zero-order valence-corrected chi connectivity index (χ0v) is 26.5. The summed E-state index contributed by atoms with van der Waals surface area (Å²) in [5.41, 5.74) is -0.371. The van der Waals surface area contributed by atoms with Crippen LogP contribution in [0.15, 0.2) is 40.5 Å². The number of thioether (sulfide) groups is 1. The van der Waals surface area contributed by atoms with Crippen LogP contribution in [-0.2, 0) is 4.79 Å². The molecule has 3 aliphatic heterocycles. The largest absolute Gasteiger partial charge is 0.395 e. The topological polar surface area (TPSA) is 81.9 Å². The van der Waals surface area contributed by atoms with Crippen molar-refractivity contribution in [3.8, 4) is 11.1 Å². The molecule has 1 N–H and O–H groups in total. The number of halogens is 4. The van der Waals surface area contributed by atoms with E-state index >= 15 is 8.78 Å². The number of carbonyl (C=O) groups excluding carboxylic acids is 1. The normalized spacial score (nSPS) is 22.0. The van der Waals surface area contributed by atoms with Gasteiger partial charge in [0.2, 0.25) is 5.91 Å². The van der Waals surface area contributed by atoms with Gasteiger partial charge in [-0.05, 0) is 57.8 Å². The van der Waals surface area contributed by atoms with Crippen LogP contribution in [0, 0.1) is 17.5 Å². The van der Waals surface area contributed by atoms with Crippen molar-refractivity contribution in [1.29, 1.82) is 0 Å². The van der Waals surface area contributed by atoms with Crippen LogP contribution in [0.2, 0.25) is 5.02 Å². The van der Waals surface area contributed by atoms with Crippen molar-refractivity contribution < 1.29 is 23.1 Å². The maximum absolute atomic E-state index is 15.2. The van der Waals surface area contributed by atoms with E-state index < -0.39 is 28.7 Å². The van der Waals surface area contributed by atoms with Crippen molar-refractivity contribution in [3.05, 3.63) is 63.8 Å². The molecular weight excluding hydrogens is 627 g/mol. The first-order valence-electron chi connectivity index (χ1n) is 15.2. The number of carbonyl (C=O) groups is 1. The smallest absolute Gasteiger partial charge is 0.350 e. The number of piperazine rings is 1. The number of hydrogen-bond acceptors (Lipinski definition) is 7. The Morgan fingerprint density at radius 3 is 2.60 bits per heavy atom. The molecule has 4 heterocycles. The molecule has 0 aliphatic carbocycles. The standard InChI is InChI=1S/C32H35ClF3N5O3S/c1-3-26(43)39-10-11-40(18(2)15-39)31-22-14-23(33)27(28-24(35)12-19(34)13-25(28)36)30-29(22)41(32(44)37-31)21(17-45-30)7-5-9-38-8-4-6-20(38)16-42/h3,12-14,18,20-21,42H,1,4-11,15-17H2,2H3/t18-,20-,21-/m0/s1. The second-order valence-electron chi connectivity index (χ2n) is 11.9. The number of nitrogens with zero attached hydrogens (tertiary/aromatic N) is 5. The highest BCUT2D eigenvalue weighted by molar-refractivity contribution is 7.99. The van der Waals surface area contributed by atoms with Gasteiger partial charge in [0.25, 0.3) is 0 Å². The number of anilines is 1. The number of hydrogen-bond donors (Lipinski definition) is 1. The lowest BCUT2D eigenvalue weighted by Gasteiger charge is -2.41. The minimum Gasteiger partial charge on any atom is -0.395 e. The molecule has 1 aromatic heterocycles. The SMILES string of the molecule is C=CC(=O)N1CCN(c2nc(=O)n3c4c(c(-c5c(F)cc(F)cc5F)c(Cl)cc24)SC[C@@H]3CCCN2CCC[C@H]2CO)[C@@H](C)C1. The number of aromatic nitrogens is 2. The highest BCUT2D eigenvalue weighted by Crippen LogP contribution is 2.49. The zero-order chi connectivity index (χ0) is 32.0. The van der Waals surface area contributed by atoms with Gasteiger partial charge in [0.05, 0.1) is 22.7 Å². The van der Waals surface area contributed by atoms with E-state index in [0.717, 1.165) is 32.4 Å². The lowest BCUT2D eigenvalue weighted by molar-refractivity contribution is -0.126. The molecule has 3 aromatic rings. The first-order chi connectivity index (χ1) is 21.6. The van der Waals surface area contributed by atoms with Crippen molar-refractivity contribution in [2.24, 2.45) is 0 Å². The lowest BCUT2D eigenvalue weighted by Crippen LogP contribution is -2.54. The lowest BCUT2D eigenvalue weighted by atomic mass is 10.0. The Balaban J connectivity index is 1.47. The summed E-state index contributed by atoms with van der Waals surface area (Å²) in [5, 5.41) is 10.3. The van der Waals surface area contributed by atoms with E-state index in [1.165, 1.54) is 17.8 Å². The molecule has 45 heavy (non-hydrogen) atoms. The molecule has 3 aliphatic rings. The minimum absolute atomic E-state index is 0.0540. The highest BCUT2D eigenvalue weighted by Gasteiger charge is 2.34. The van der Waals surface area contributed by atoms with Crippen LogP contribution >= 0.6 is 23.4 Å². The number of benzene rings is 2. The molecule has 2 aromatic carbocycles. The molecule has 0 spiro atoms. The van der Waals surface area contributed by atoms with E-state index in [-0.39, 0.29) is 41.2 Å². The van der Waals surface area contributed by atoms with Crippen LogP contribution in [0.3, 0.4) is 0 Å². The predicted molar refractivity (Wildman–Crippen MR) is 171 cm³/mol. The van der Waals surface area contributed by atoms with Crippen LogP contribution in [0.5, 0.6) is 0 Å².